The Bertz CT molecular complexity index is 1160. The van der Waals surface area contributed by atoms with E-state index in [9.17, 15) is 9.59 Å². The van der Waals surface area contributed by atoms with Crippen molar-refractivity contribution in [3.05, 3.63) is 66.5 Å². The second-order valence-electron chi connectivity index (χ2n) is 7.18. The first-order valence-corrected chi connectivity index (χ1v) is 9.76. The number of amides is 2. The molecule has 2 aromatic heterocycles. The highest BCUT2D eigenvalue weighted by molar-refractivity contribution is 6.00. The highest BCUT2D eigenvalue weighted by Crippen LogP contribution is 2.26. The van der Waals surface area contributed by atoms with E-state index in [2.05, 4.69) is 20.5 Å². The first kappa shape index (κ1) is 18.1. The van der Waals surface area contributed by atoms with Crippen molar-refractivity contribution < 1.29 is 14.0 Å². The summed E-state index contributed by atoms with van der Waals surface area (Å²) in [7, 11) is 0. The van der Waals surface area contributed by atoms with Gasteiger partial charge in [-0.25, -0.2) is 4.98 Å². The third-order valence-corrected chi connectivity index (χ3v) is 5.24. The number of rotatable bonds is 4. The molecule has 3 heterocycles. The zero-order valence-electron chi connectivity index (χ0n) is 16.0. The molecule has 8 nitrogen and oxygen atoms in total. The van der Waals surface area contributed by atoms with E-state index in [4.69, 9.17) is 4.42 Å². The molecule has 1 fully saturated rings. The van der Waals surface area contributed by atoms with Crippen LogP contribution in [0.5, 0.6) is 0 Å². The largest absolute Gasteiger partial charge is 0.436 e. The Morgan fingerprint density at radius 3 is 2.70 bits per heavy atom. The molecule has 30 heavy (non-hydrogen) atoms. The lowest BCUT2D eigenvalue weighted by atomic mass is 10.1. The molecule has 8 heteroatoms. The average molecular weight is 401 g/mol. The lowest BCUT2D eigenvalue weighted by Crippen LogP contribution is -2.43. The number of hydrogen-bond acceptors (Lipinski definition) is 5. The fraction of sp³-hybridized carbons (Fsp3) is 0.182. The van der Waals surface area contributed by atoms with Gasteiger partial charge in [-0.05, 0) is 55.3 Å². The molecule has 5 rings (SSSR count). The molecule has 1 atom stereocenters. The predicted molar refractivity (Wildman–Crippen MR) is 111 cm³/mol. The molecule has 1 aliphatic heterocycles. The van der Waals surface area contributed by atoms with Crippen LogP contribution < -0.4 is 5.32 Å². The molecule has 0 unspecified atom stereocenters. The van der Waals surface area contributed by atoms with Gasteiger partial charge in [0.2, 0.25) is 11.8 Å². The summed E-state index contributed by atoms with van der Waals surface area (Å²) in [5, 5.41) is 9.39. The number of likely N-dealkylation sites (tertiary alicyclic amines) is 1. The first-order chi connectivity index (χ1) is 14.7. The Balaban J connectivity index is 1.29. The Hall–Kier alpha value is -3.94. The summed E-state index contributed by atoms with van der Waals surface area (Å²) < 4.78 is 5.78. The van der Waals surface area contributed by atoms with Crippen molar-refractivity contribution in [2.75, 3.05) is 11.9 Å². The van der Waals surface area contributed by atoms with E-state index >= 15 is 0 Å². The molecule has 150 valence electrons. The third kappa shape index (κ3) is 3.32. The van der Waals surface area contributed by atoms with Crippen LogP contribution in [0.4, 0.5) is 5.69 Å². The van der Waals surface area contributed by atoms with E-state index in [0.29, 0.717) is 30.2 Å². The van der Waals surface area contributed by atoms with Gasteiger partial charge in [0.15, 0.2) is 5.58 Å². The van der Waals surface area contributed by atoms with Crippen LogP contribution in [0.15, 0.2) is 65.2 Å². The minimum Gasteiger partial charge on any atom is -0.436 e. The maximum Gasteiger partial charge on any atom is 0.272 e. The average Bonchev–Trinajstić information content (AvgIpc) is 3.54. The van der Waals surface area contributed by atoms with Crippen molar-refractivity contribution in [3.8, 4) is 11.5 Å². The third-order valence-electron chi connectivity index (χ3n) is 5.24. The molecule has 0 saturated carbocycles. The number of para-hydroxylation sites is 2. The van der Waals surface area contributed by atoms with Crippen LogP contribution in [-0.4, -0.2) is 44.5 Å². The van der Waals surface area contributed by atoms with Gasteiger partial charge in [0.05, 0.1) is 0 Å². The lowest BCUT2D eigenvalue weighted by molar-refractivity contribution is -0.119. The number of benzene rings is 2. The van der Waals surface area contributed by atoms with Gasteiger partial charge in [-0.3, -0.25) is 14.7 Å². The van der Waals surface area contributed by atoms with Crippen molar-refractivity contribution in [3.63, 3.8) is 0 Å². The van der Waals surface area contributed by atoms with Crippen molar-refractivity contribution >= 4 is 28.6 Å². The number of nitrogens with one attached hydrogen (secondary N) is 2. The fourth-order valence-corrected chi connectivity index (χ4v) is 3.73. The first-order valence-electron chi connectivity index (χ1n) is 9.76. The van der Waals surface area contributed by atoms with E-state index in [1.807, 2.05) is 36.4 Å². The summed E-state index contributed by atoms with van der Waals surface area (Å²) in [4.78, 5) is 31.5. The van der Waals surface area contributed by atoms with E-state index in [1.165, 1.54) is 6.20 Å². The number of anilines is 1. The maximum atomic E-state index is 12.8. The van der Waals surface area contributed by atoms with E-state index in [1.54, 1.807) is 23.1 Å². The molecule has 1 aliphatic rings. The Kier molecular flexibility index (Phi) is 4.51. The minimum atomic E-state index is -0.502. The Labute approximate surface area is 171 Å². The zero-order chi connectivity index (χ0) is 20.5. The van der Waals surface area contributed by atoms with Crippen LogP contribution in [0.25, 0.3) is 22.6 Å². The number of aromatic nitrogens is 3. The van der Waals surface area contributed by atoms with Gasteiger partial charge in [-0.1, -0.05) is 12.1 Å². The second-order valence-corrected chi connectivity index (χ2v) is 7.18. The standard InChI is InChI=1S/C22H19N5O3/c28-20(18-5-3-13-27(18)22(29)17-11-12-23-26-17)24-15-9-7-14(8-10-15)21-25-16-4-1-2-6-19(16)30-21/h1-2,4,6-12,18H,3,5,13H2,(H,23,26)(H,24,28)/t18-/m0/s1. The van der Waals surface area contributed by atoms with Gasteiger partial charge < -0.3 is 14.6 Å². The van der Waals surface area contributed by atoms with Crippen LogP contribution >= 0.6 is 0 Å². The predicted octanol–water partition coefficient (Wildman–Crippen LogP) is 3.46. The number of carbonyl (C=O) groups excluding carboxylic acids is 2. The van der Waals surface area contributed by atoms with Gasteiger partial charge in [0.1, 0.15) is 17.3 Å². The summed E-state index contributed by atoms with van der Waals surface area (Å²) in [5.41, 5.74) is 3.39. The van der Waals surface area contributed by atoms with Crippen molar-refractivity contribution in [1.29, 1.82) is 0 Å². The molecule has 0 radical (unpaired) electrons. The molecule has 2 N–H and O–H groups in total. The van der Waals surface area contributed by atoms with Crippen LogP contribution in [0.1, 0.15) is 23.3 Å². The van der Waals surface area contributed by atoms with Crippen LogP contribution in [-0.2, 0) is 4.79 Å². The fourth-order valence-electron chi connectivity index (χ4n) is 3.73. The number of hydrogen-bond donors (Lipinski definition) is 2. The molecule has 2 amide bonds. The summed E-state index contributed by atoms with van der Waals surface area (Å²) in [6.07, 6.45) is 2.94. The normalized spacial score (nSPS) is 16.1. The number of aromatic amines is 1. The van der Waals surface area contributed by atoms with Crippen molar-refractivity contribution in [2.45, 2.75) is 18.9 Å². The molecular weight excluding hydrogens is 382 g/mol. The molecule has 0 spiro atoms. The number of oxazole rings is 1. The van der Waals surface area contributed by atoms with Crippen LogP contribution in [0, 0.1) is 0 Å². The monoisotopic (exact) mass is 401 g/mol. The Morgan fingerprint density at radius 2 is 1.93 bits per heavy atom. The van der Waals surface area contributed by atoms with E-state index in [-0.39, 0.29) is 11.8 Å². The summed E-state index contributed by atoms with van der Waals surface area (Å²) >= 11 is 0. The van der Waals surface area contributed by atoms with E-state index < -0.39 is 6.04 Å². The highest BCUT2D eigenvalue weighted by atomic mass is 16.3. The van der Waals surface area contributed by atoms with Gasteiger partial charge in [-0.2, -0.15) is 5.10 Å². The van der Waals surface area contributed by atoms with Crippen LogP contribution in [0.2, 0.25) is 0 Å². The summed E-state index contributed by atoms with van der Waals surface area (Å²) in [6.45, 7) is 0.548. The Morgan fingerprint density at radius 1 is 1.10 bits per heavy atom. The van der Waals surface area contributed by atoms with E-state index in [0.717, 1.165) is 23.1 Å². The number of H-pyrrole nitrogens is 1. The second kappa shape index (κ2) is 7.47. The summed E-state index contributed by atoms with van der Waals surface area (Å²) in [5.74, 6) is 0.118. The molecule has 1 saturated heterocycles. The molecule has 2 aromatic carbocycles. The van der Waals surface area contributed by atoms with Gasteiger partial charge >= 0.3 is 0 Å². The molecule has 0 bridgehead atoms. The highest BCUT2D eigenvalue weighted by Gasteiger charge is 2.35. The van der Waals surface area contributed by atoms with Crippen molar-refractivity contribution in [1.82, 2.24) is 20.1 Å². The molecule has 4 aromatic rings. The van der Waals surface area contributed by atoms with Crippen molar-refractivity contribution in [2.24, 2.45) is 0 Å². The summed E-state index contributed by atoms with van der Waals surface area (Å²) in [6, 6.07) is 16.0. The van der Waals surface area contributed by atoms with Gasteiger partial charge in [0, 0.05) is 24.0 Å². The van der Waals surface area contributed by atoms with Gasteiger partial charge in [0.25, 0.3) is 5.91 Å². The molecule has 0 aliphatic carbocycles. The maximum absolute atomic E-state index is 12.8. The molecular formula is C22H19N5O3. The topological polar surface area (TPSA) is 104 Å². The number of nitrogens with zero attached hydrogens (tertiary/aromatic N) is 3. The minimum absolute atomic E-state index is 0.199. The van der Waals surface area contributed by atoms with Crippen LogP contribution in [0.3, 0.4) is 0 Å². The van der Waals surface area contributed by atoms with Gasteiger partial charge in [-0.15, -0.1) is 0 Å². The lowest BCUT2D eigenvalue weighted by Gasteiger charge is -2.23. The quantitative estimate of drug-likeness (QED) is 0.545. The SMILES string of the molecule is O=C(Nc1ccc(-c2nc3ccccc3o2)cc1)[C@@H]1CCCN1C(=O)c1ccn[nH]1. The smallest absolute Gasteiger partial charge is 0.272 e. The number of fused-ring (bicyclic) bond motifs is 1. The number of carbonyl (C=O) groups is 2. The zero-order valence-corrected chi connectivity index (χ0v) is 16.0.